The Labute approximate surface area is 192 Å². The van der Waals surface area contributed by atoms with Gasteiger partial charge in [0.1, 0.15) is 5.75 Å². The van der Waals surface area contributed by atoms with Crippen molar-refractivity contribution in [1.29, 1.82) is 0 Å². The third kappa shape index (κ3) is 6.39. The highest BCUT2D eigenvalue weighted by Gasteiger charge is 2.27. The number of benzene rings is 2. The summed E-state index contributed by atoms with van der Waals surface area (Å²) in [5.41, 5.74) is 0.559. The molecule has 3 rings (SSSR count). The van der Waals surface area contributed by atoms with Gasteiger partial charge >= 0.3 is 0 Å². The number of carbonyl (C=O) groups excluding carboxylic acids is 1. The van der Waals surface area contributed by atoms with Gasteiger partial charge in [-0.25, -0.2) is 8.42 Å². The highest BCUT2D eigenvalue weighted by atomic mass is 35.5. The van der Waals surface area contributed by atoms with Gasteiger partial charge in [-0.2, -0.15) is 4.31 Å². The molecule has 2 aromatic carbocycles. The minimum absolute atomic E-state index is 0.0772. The summed E-state index contributed by atoms with van der Waals surface area (Å²) < 4.78 is 32.5. The number of nitrogens with zero attached hydrogens (tertiary/aromatic N) is 1. The van der Waals surface area contributed by atoms with Gasteiger partial charge in [0.05, 0.1) is 9.92 Å². The molecular formula is C21H24ClN3O4S2. The molecule has 1 heterocycles. The Balaban J connectivity index is 1.51. The van der Waals surface area contributed by atoms with Crippen LogP contribution in [0.15, 0.2) is 53.4 Å². The molecule has 0 aliphatic carbocycles. The number of sulfonamides is 1. The van der Waals surface area contributed by atoms with Crippen molar-refractivity contribution in [3.63, 3.8) is 0 Å². The van der Waals surface area contributed by atoms with Crippen LogP contribution in [0.4, 0.5) is 5.69 Å². The lowest BCUT2D eigenvalue weighted by Crippen LogP contribution is -2.38. The van der Waals surface area contributed by atoms with Gasteiger partial charge in [0.2, 0.25) is 10.0 Å². The number of carbonyl (C=O) groups is 1. The summed E-state index contributed by atoms with van der Waals surface area (Å²) in [5.74, 6) is 0.499. The van der Waals surface area contributed by atoms with Gasteiger partial charge in [-0.05, 0) is 67.4 Å². The molecule has 1 aliphatic rings. The van der Waals surface area contributed by atoms with Gasteiger partial charge in [-0.15, -0.1) is 0 Å². The van der Waals surface area contributed by atoms with Crippen LogP contribution in [0.2, 0.25) is 5.02 Å². The first-order chi connectivity index (χ1) is 14.8. The monoisotopic (exact) mass is 481 g/mol. The molecule has 1 fully saturated rings. The van der Waals surface area contributed by atoms with Crippen LogP contribution in [0.3, 0.4) is 0 Å². The lowest BCUT2D eigenvalue weighted by molar-refractivity contribution is -0.121. The van der Waals surface area contributed by atoms with Gasteiger partial charge in [0.15, 0.2) is 11.7 Å². The number of anilines is 1. The van der Waals surface area contributed by atoms with E-state index >= 15 is 0 Å². The summed E-state index contributed by atoms with van der Waals surface area (Å²) in [7, 11) is -3.51. The Kier molecular flexibility index (Phi) is 7.88. The Morgan fingerprint density at radius 3 is 2.45 bits per heavy atom. The van der Waals surface area contributed by atoms with E-state index in [1.807, 2.05) is 0 Å². The molecule has 0 bridgehead atoms. The molecule has 1 amide bonds. The molecule has 0 unspecified atom stereocenters. The number of thiocarbonyl (C=S) groups is 1. The third-order valence-electron chi connectivity index (χ3n) is 4.94. The zero-order valence-corrected chi connectivity index (χ0v) is 19.4. The van der Waals surface area contributed by atoms with Crippen molar-refractivity contribution < 1.29 is 17.9 Å². The van der Waals surface area contributed by atoms with Crippen LogP contribution in [0.5, 0.6) is 5.75 Å². The third-order valence-corrected chi connectivity index (χ3v) is 7.37. The van der Waals surface area contributed by atoms with E-state index in [-0.39, 0.29) is 16.6 Å². The van der Waals surface area contributed by atoms with Gasteiger partial charge < -0.3 is 10.1 Å². The van der Waals surface area contributed by atoms with E-state index in [0.29, 0.717) is 35.5 Å². The smallest absolute Gasteiger partial charge is 0.264 e. The predicted octanol–water partition coefficient (Wildman–Crippen LogP) is 3.65. The van der Waals surface area contributed by atoms with E-state index in [9.17, 15) is 13.2 Å². The molecule has 2 aromatic rings. The van der Waals surface area contributed by atoms with Gasteiger partial charge in [-0.1, -0.05) is 30.7 Å². The van der Waals surface area contributed by atoms with Gasteiger partial charge in [-0.3, -0.25) is 10.1 Å². The molecular weight excluding hydrogens is 458 g/mol. The second-order valence-corrected chi connectivity index (χ2v) is 10.1. The Morgan fingerprint density at radius 1 is 1.16 bits per heavy atom. The highest BCUT2D eigenvalue weighted by Crippen LogP contribution is 2.24. The van der Waals surface area contributed by atoms with E-state index in [2.05, 4.69) is 17.6 Å². The molecule has 0 spiro atoms. The predicted molar refractivity (Wildman–Crippen MR) is 125 cm³/mol. The molecule has 10 heteroatoms. The number of hydrogen-bond acceptors (Lipinski definition) is 5. The van der Waals surface area contributed by atoms with Crippen molar-refractivity contribution in [2.45, 2.75) is 24.7 Å². The fourth-order valence-electron chi connectivity index (χ4n) is 3.11. The number of hydrogen-bond donors (Lipinski definition) is 2. The fraction of sp³-hybridized carbons (Fsp3) is 0.333. The van der Waals surface area contributed by atoms with E-state index < -0.39 is 15.9 Å². The van der Waals surface area contributed by atoms with Crippen LogP contribution in [-0.4, -0.2) is 43.4 Å². The average molecular weight is 482 g/mol. The molecule has 0 saturated carbocycles. The Morgan fingerprint density at radius 2 is 1.81 bits per heavy atom. The van der Waals surface area contributed by atoms with Gasteiger partial charge in [0.25, 0.3) is 5.91 Å². The largest absolute Gasteiger partial charge is 0.482 e. The molecule has 2 N–H and O–H groups in total. The van der Waals surface area contributed by atoms with E-state index in [1.54, 1.807) is 36.4 Å². The molecule has 0 radical (unpaired) electrons. The molecule has 166 valence electrons. The molecule has 1 saturated heterocycles. The van der Waals surface area contributed by atoms with E-state index in [1.165, 1.54) is 16.4 Å². The summed E-state index contributed by atoms with van der Waals surface area (Å²) in [4.78, 5) is 12.3. The Hall–Kier alpha value is -2.20. The maximum absolute atomic E-state index is 12.8. The summed E-state index contributed by atoms with van der Waals surface area (Å²) in [6.45, 7) is 2.96. The van der Waals surface area contributed by atoms with Crippen molar-refractivity contribution in [3.8, 4) is 5.75 Å². The second kappa shape index (κ2) is 10.4. The number of halogens is 1. The van der Waals surface area contributed by atoms with Crippen molar-refractivity contribution in [2.75, 3.05) is 25.0 Å². The maximum atomic E-state index is 12.8. The number of amides is 1. The standard InChI is InChI=1S/C21H24ClN3O4S2/c1-15-10-12-25(13-11-15)31(27,28)17-8-6-16(7-9-17)23-21(30)24-20(26)14-29-19-5-3-2-4-18(19)22/h2-9,15H,10-14H2,1H3,(H2,23,24,26,30). The van der Waals surface area contributed by atoms with E-state index in [4.69, 9.17) is 28.6 Å². The van der Waals surface area contributed by atoms with Gasteiger partial charge in [0, 0.05) is 18.8 Å². The topological polar surface area (TPSA) is 87.7 Å². The molecule has 7 nitrogen and oxygen atoms in total. The Bertz CT molecular complexity index is 1040. The van der Waals surface area contributed by atoms with Crippen molar-refractivity contribution in [2.24, 2.45) is 5.92 Å². The summed E-state index contributed by atoms with van der Waals surface area (Å²) >= 11 is 11.1. The second-order valence-electron chi connectivity index (χ2n) is 7.33. The molecule has 0 aromatic heterocycles. The zero-order chi connectivity index (χ0) is 22.4. The van der Waals surface area contributed by atoms with Crippen LogP contribution in [0.25, 0.3) is 0 Å². The van der Waals surface area contributed by atoms with Crippen molar-refractivity contribution >= 4 is 50.5 Å². The lowest BCUT2D eigenvalue weighted by Gasteiger charge is -2.29. The van der Waals surface area contributed by atoms with Crippen molar-refractivity contribution in [3.05, 3.63) is 53.6 Å². The van der Waals surface area contributed by atoms with Crippen molar-refractivity contribution in [1.82, 2.24) is 9.62 Å². The lowest BCUT2D eigenvalue weighted by atomic mass is 10.0. The van der Waals surface area contributed by atoms with Crippen LogP contribution in [0, 0.1) is 5.92 Å². The van der Waals surface area contributed by atoms with E-state index in [0.717, 1.165) is 12.8 Å². The van der Waals surface area contributed by atoms with Crippen LogP contribution in [-0.2, 0) is 14.8 Å². The fourth-order valence-corrected chi connectivity index (χ4v) is 5.01. The number of piperidine rings is 1. The molecule has 31 heavy (non-hydrogen) atoms. The first kappa shape index (κ1) is 23.5. The number of nitrogens with one attached hydrogen (secondary N) is 2. The number of rotatable bonds is 6. The molecule has 1 aliphatic heterocycles. The van der Waals surface area contributed by atoms with Crippen LogP contribution in [0.1, 0.15) is 19.8 Å². The first-order valence-corrected chi connectivity index (χ1v) is 12.1. The average Bonchev–Trinajstić information content (AvgIpc) is 2.74. The summed E-state index contributed by atoms with van der Waals surface area (Å²) in [6.07, 6.45) is 1.74. The van der Waals surface area contributed by atoms with Crippen LogP contribution < -0.4 is 15.4 Å². The number of ether oxygens (including phenoxy) is 1. The van der Waals surface area contributed by atoms with Crippen LogP contribution >= 0.6 is 23.8 Å². The minimum Gasteiger partial charge on any atom is -0.482 e. The normalized spacial score (nSPS) is 15.3. The SMILES string of the molecule is CC1CCN(S(=O)(=O)c2ccc(NC(=S)NC(=O)COc3ccccc3Cl)cc2)CC1. The number of para-hydroxylation sites is 1. The minimum atomic E-state index is -3.51. The summed E-state index contributed by atoms with van der Waals surface area (Å²) in [6, 6.07) is 13.1. The summed E-state index contributed by atoms with van der Waals surface area (Å²) in [5, 5.41) is 5.85. The zero-order valence-electron chi connectivity index (χ0n) is 17.0. The quantitative estimate of drug-likeness (QED) is 0.612. The maximum Gasteiger partial charge on any atom is 0.264 e. The first-order valence-electron chi connectivity index (χ1n) is 9.84. The molecule has 0 atom stereocenters. The highest BCUT2D eigenvalue weighted by molar-refractivity contribution is 7.89.